The highest BCUT2D eigenvalue weighted by Crippen LogP contribution is 2.25. The average molecular weight is 247 g/mol. The number of hydrogen-bond donors (Lipinski definition) is 0. The maximum absolute atomic E-state index is 5.41. The van der Waals surface area contributed by atoms with Crippen LogP contribution in [0.15, 0.2) is 24.3 Å². The zero-order valence-electron chi connectivity index (χ0n) is 11.7. The molecule has 2 heteroatoms. The fourth-order valence-electron chi connectivity index (χ4n) is 2.86. The van der Waals surface area contributed by atoms with Gasteiger partial charge in [0.15, 0.2) is 0 Å². The predicted molar refractivity (Wildman–Crippen MR) is 76.2 cm³/mol. The standard InChI is InChI=1S/C16H25NO/c1-3-17-12-10-14(11-13-17)8-9-15-6-4-5-7-16(15)18-2/h4-7,14H,3,8-13H2,1-2H3. The summed E-state index contributed by atoms with van der Waals surface area (Å²) in [6.07, 6.45) is 5.19. The second-order valence-corrected chi connectivity index (χ2v) is 5.23. The van der Waals surface area contributed by atoms with Crippen molar-refractivity contribution >= 4 is 0 Å². The van der Waals surface area contributed by atoms with Crippen molar-refractivity contribution in [3.8, 4) is 5.75 Å². The van der Waals surface area contributed by atoms with Crippen LogP contribution in [0, 0.1) is 5.92 Å². The molecule has 0 unspecified atom stereocenters. The molecule has 0 N–H and O–H groups in total. The molecule has 1 aliphatic rings. The molecule has 18 heavy (non-hydrogen) atoms. The van der Waals surface area contributed by atoms with Crippen LogP contribution in [0.4, 0.5) is 0 Å². The zero-order chi connectivity index (χ0) is 12.8. The van der Waals surface area contributed by atoms with Gasteiger partial charge in [0.1, 0.15) is 5.75 Å². The van der Waals surface area contributed by atoms with E-state index in [4.69, 9.17) is 4.74 Å². The third-order valence-electron chi connectivity index (χ3n) is 4.17. The Labute approximate surface area is 111 Å². The molecule has 0 spiro atoms. The minimum atomic E-state index is 0.901. The van der Waals surface area contributed by atoms with Crippen LogP contribution in [0.1, 0.15) is 31.7 Å². The van der Waals surface area contributed by atoms with Crippen LogP contribution < -0.4 is 4.74 Å². The molecule has 0 bridgehead atoms. The van der Waals surface area contributed by atoms with Crippen LogP contribution in [0.2, 0.25) is 0 Å². The van der Waals surface area contributed by atoms with Crippen LogP contribution in [-0.4, -0.2) is 31.6 Å². The number of methoxy groups -OCH3 is 1. The molecule has 0 radical (unpaired) electrons. The minimum absolute atomic E-state index is 0.901. The third-order valence-corrected chi connectivity index (χ3v) is 4.17. The number of likely N-dealkylation sites (tertiary alicyclic amines) is 1. The molecule has 2 nitrogen and oxygen atoms in total. The van der Waals surface area contributed by atoms with Gasteiger partial charge in [-0.2, -0.15) is 0 Å². The Morgan fingerprint density at radius 1 is 1.22 bits per heavy atom. The van der Waals surface area contributed by atoms with Crippen LogP contribution in [0.5, 0.6) is 5.75 Å². The first-order valence-electron chi connectivity index (χ1n) is 7.17. The van der Waals surface area contributed by atoms with Crippen molar-refractivity contribution in [1.82, 2.24) is 4.90 Å². The Kier molecular flexibility index (Phi) is 5.06. The number of para-hydroxylation sites is 1. The van der Waals surface area contributed by atoms with Crippen molar-refractivity contribution in [3.05, 3.63) is 29.8 Å². The molecule has 1 aromatic rings. The normalized spacial score (nSPS) is 17.9. The number of benzene rings is 1. The van der Waals surface area contributed by atoms with Gasteiger partial charge in [-0.05, 0) is 62.9 Å². The maximum atomic E-state index is 5.41. The van der Waals surface area contributed by atoms with E-state index in [0.717, 1.165) is 18.1 Å². The SMILES string of the molecule is CCN1CCC(CCc2ccccc2OC)CC1. The van der Waals surface area contributed by atoms with E-state index in [2.05, 4.69) is 30.0 Å². The fraction of sp³-hybridized carbons (Fsp3) is 0.625. The van der Waals surface area contributed by atoms with Gasteiger partial charge in [-0.1, -0.05) is 25.1 Å². The molecule has 0 saturated carbocycles. The van der Waals surface area contributed by atoms with Gasteiger partial charge >= 0.3 is 0 Å². The van der Waals surface area contributed by atoms with E-state index in [-0.39, 0.29) is 0 Å². The van der Waals surface area contributed by atoms with Gasteiger partial charge in [0, 0.05) is 0 Å². The lowest BCUT2D eigenvalue weighted by atomic mass is 9.90. The number of ether oxygens (including phenoxy) is 1. The number of piperidine rings is 1. The third kappa shape index (κ3) is 3.49. The lowest BCUT2D eigenvalue weighted by molar-refractivity contribution is 0.187. The van der Waals surface area contributed by atoms with Crippen molar-refractivity contribution in [2.75, 3.05) is 26.7 Å². The van der Waals surface area contributed by atoms with E-state index in [9.17, 15) is 0 Å². The topological polar surface area (TPSA) is 12.5 Å². The Morgan fingerprint density at radius 3 is 2.61 bits per heavy atom. The Morgan fingerprint density at radius 2 is 1.94 bits per heavy atom. The highest BCUT2D eigenvalue weighted by molar-refractivity contribution is 5.33. The largest absolute Gasteiger partial charge is 0.496 e. The average Bonchev–Trinajstić information content (AvgIpc) is 2.46. The number of aryl methyl sites for hydroxylation is 1. The van der Waals surface area contributed by atoms with Crippen molar-refractivity contribution < 1.29 is 4.74 Å². The van der Waals surface area contributed by atoms with Gasteiger partial charge in [0.05, 0.1) is 7.11 Å². The summed E-state index contributed by atoms with van der Waals surface area (Å²) in [7, 11) is 1.76. The summed E-state index contributed by atoms with van der Waals surface area (Å²) in [5.74, 6) is 1.95. The smallest absolute Gasteiger partial charge is 0.122 e. The number of nitrogens with zero attached hydrogens (tertiary/aromatic N) is 1. The summed E-state index contributed by atoms with van der Waals surface area (Å²) >= 11 is 0. The van der Waals surface area contributed by atoms with Crippen LogP contribution in [-0.2, 0) is 6.42 Å². The first-order chi connectivity index (χ1) is 8.83. The van der Waals surface area contributed by atoms with Gasteiger partial charge in [-0.15, -0.1) is 0 Å². The summed E-state index contributed by atoms with van der Waals surface area (Å²) in [5, 5.41) is 0. The summed E-state index contributed by atoms with van der Waals surface area (Å²) in [6, 6.07) is 8.41. The Bertz CT molecular complexity index is 356. The Hall–Kier alpha value is -1.02. The van der Waals surface area contributed by atoms with E-state index in [1.54, 1.807) is 7.11 Å². The fourth-order valence-corrected chi connectivity index (χ4v) is 2.86. The molecular weight excluding hydrogens is 222 g/mol. The zero-order valence-corrected chi connectivity index (χ0v) is 11.7. The molecule has 1 heterocycles. The van der Waals surface area contributed by atoms with Crippen LogP contribution in [0.25, 0.3) is 0 Å². The van der Waals surface area contributed by atoms with Gasteiger partial charge in [-0.25, -0.2) is 0 Å². The highest BCUT2D eigenvalue weighted by Gasteiger charge is 2.18. The second-order valence-electron chi connectivity index (χ2n) is 5.23. The minimum Gasteiger partial charge on any atom is -0.496 e. The van der Waals surface area contributed by atoms with Crippen LogP contribution in [0.3, 0.4) is 0 Å². The maximum Gasteiger partial charge on any atom is 0.122 e. The molecule has 0 aliphatic carbocycles. The molecular formula is C16H25NO. The summed E-state index contributed by atoms with van der Waals surface area (Å²) in [4.78, 5) is 2.56. The van der Waals surface area contributed by atoms with Crippen molar-refractivity contribution in [2.24, 2.45) is 5.92 Å². The lowest BCUT2D eigenvalue weighted by Gasteiger charge is -2.31. The molecule has 2 rings (SSSR count). The second kappa shape index (κ2) is 6.79. The quantitative estimate of drug-likeness (QED) is 0.791. The molecule has 1 aliphatic heterocycles. The lowest BCUT2D eigenvalue weighted by Crippen LogP contribution is -2.33. The molecule has 1 saturated heterocycles. The van der Waals surface area contributed by atoms with Crippen molar-refractivity contribution in [2.45, 2.75) is 32.6 Å². The molecule has 1 aromatic carbocycles. The first kappa shape index (κ1) is 13.4. The summed E-state index contributed by atoms with van der Waals surface area (Å²) < 4.78 is 5.41. The van der Waals surface area contributed by atoms with E-state index in [1.807, 2.05) is 6.07 Å². The van der Waals surface area contributed by atoms with E-state index < -0.39 is 0 Å². The first-order valence-corrected chi connectivity index (χ1v) is 7.17. The number of hydrogen-bond acceptors (Lipinski definition) is 2. The molecule has 100 valence electrons. The van der Waals surface area contributed by atoms with Crippen molar-refractivity contribution in [3.63, 3.8) is 0 Å². The molecule has 0 amide bonds. The van der Waals surface area contributed by atoms with Gasteiger partial charge < -0.3 is 9.64 Å². The molecule has 0 aromatic heterocycles. The van der Waals surface area contributed by atoms with E-state index >= 15 is 0 Å². The van der Waals surface area contributed by atoms with Gasteiger partial charge in [0.25, 0.3) is 0 Å². The Balaban J connectivity index is 1.81. The highest BCUT2D eigenvalue weighted by atomic mass is 16.5. The van der Waals surface area contributed by atoms with Gasteiger partial charge in [0.2, 0.25) is 0 Å². The van der Waals surface area contributed by atoms with Gasteiger partial charge in [-0.3, -0.25) is 0 Å². The predicted octanol–water partition coefficient (Wildman–Crippen LogP) is 3.36. The van der Waals surface area contributed by atoms with E-state index in [0.29, 0.717) is 0 Å². The number of rotatable bonds is 5. The van der Waals surface area contributed by atoms with Crippen molar-refractivity contribution in [1.29, 1.82) is 0 Å². The monoisotopic (exact) mass is 247 g/mol. The summed E-state index contributed by atoms with van der Waals surface area (Å²) in [6.45, 7) is 6.04. The summed E-state index contributed by atoms with van der Waals surface area (Å²) in [5.41, 5.74) is 1.36. The van der Waals surface area contributed by atoms with Crippen LogP contribution >= 0.6 is 0 Å². The molecule has 0 atom stereocenters. The molecule has 1 fully saturated rings. The van der Waals surface area contributed by atoms with E-state index in [1.165, 1.54) is 44.5 Å².